The van der Waals surface area contributed by atoms with Gasteiger partial charge in [0.2, 0.25) is 0 Å². The van der Waals surface area contributed by atoms with E-state index in [2.05, 4.69) is 20.9 Å². The molecule has 0 bridgehead atoms. The van der Waals surface area contributed by atoms with Crippen molar-refractivity contribution in [1.29, 1.82) is 0 Å². The third kappa shape index (κ3) is 3.13. The fraction of sp³-hybridized carbons (Fsp3) is 0.250. The van der Waals surface area contributed by atoms with E-state index in [0.29, 0.717) is 22.6 Å². The zero-order valence-electron chi connectivity index (χ0n) is 10.1. The molecule has 1 heterocycles. The molecule has 0 aliphatic heterocycles. The van der Waals surface area contributed by atoms with Gasteiger partial charge in [-0.2, -0.15) is 13.2 Å². The number of ether oxygens (including phenoxy) is 1. The number of nitrogens with zero attached hydrogens (tertiary/aromatic N) is 1. The molecule has 1 aromatic carbocycles. The average molecular weight is 368 g/mol. The summed E-state index contributed by atoms with van der Waals surface area (Å²) in [6.07, 6.45) is -4.70. The van der Waals surface area contributed by atoms with Gasteiger partial charge in [0.05, 0.1) is 12.0 Å². The predicted octanol–water partition coefficient (Wildman–Crippen LogP) is 4.01. The summed E-state index contributed by atoms with van der Waals surface area (Å²) >= 11 is 3.67. The SMILES string of the molecule is COc1cc(Br)ccc1C(O)c1cnc(C(F)(F)F)s1. The molecule has 0 aliphatic rings. The fourth-order valence-electron chi connectivity index (χ4n) is 1.61. The van der Waals surface area contributed by atoms with Crippen LogP contribution in [-0.2, 0) is 6.18 Å². The highest BCUT2D eigenvalue weighted by atomic mass is 79.9. The first-order valence-corrected chi connectivity index (χ1v) is 6.98. The number of aliphatic hydroxyl groups excluding tert-OH is 1. The molecule has 108 valence electrons. The first-order chi connectivity index (χ1) is 9.32. The van der Waals surface area contributed by atoms with Crippen LogP contribution in [0.5, 0.6) is 5.75 Å². The number of halogens is 4. The lowest BCUT2D eigenvalue weighted by atomic mass is 10.1. The van der Waals surface area contributed by atoms with E-state index in [1.807, 2.05) is 0 Å². The lowest BCUT2D eigenvalue weighted by Gasteiger charge is -2.13. The average Bonchev–Trinajstić information content (AvgIpc) is 2.87. The third-order valence-electron chi connectivity index (χ3n) is 2.53. The molecule has 0 radical (unpaired) electrons. The van der Waals surface area contributed by atoms with Crippen LogP contribution in [0, 0.1) is 0 Å². The van der Waals surface area contributed by atoms with Crippen molar-refractivity contribution in [1.82, 2.24) is 4.98 Å². The Morgan fingerprint density at radius 1 is 1.40 bits per heavy atom. The minimum Gasteiger partial charge on any atom is -0.496 e. The minimum absolute atomic E-state index is 0.109. The Balaban J connectivity index is 2.36. The van der Waals surface area contributed by atoms with Crippen LogP contribution in [0.15, 0.2) is 28.9 Å². The summed E-state index contributed by atoms with van der Waals surface area (Å²) in [5.74, 6) is 0.383. The molecule has 1 aromatic heterocycles. The molecule has 0 spiro atoms. The third-order valence-corrected chi connectivity index (χ3v) is 4.11. The highest BCUT2D eigenvalue weighted by Gasteiger charge is 2.35. The normalized spacial score (nSPS) is 13.3. The van der Waals surface area contributed by atoms with Crippen LogP contribution >= 0.6 is 27.3 Å². The van der Waals surface area contributed by atoms with Crippen LogP contribution in [0.3, 0.4) is 0 Å². The van der Waals surface area contributed by atoms with Crippen molar-refractivity contribution in [2.75, 3.05) is 7.11 Å². The Morgan fingerprint density at radius 2 is 2.10 bits per heavy atom. The van der Waals surface area contributed by atoms with Gasteiger partial charge in [0.15, 0.2) is 5.01 Å². The summed E-state index contributed by atoms with van der Waals surface area (Å²) in [4.78, 5) is 3.40. The summed E-state index contributed by atoms with van der Waals surface area (Å²) in [5.41, 5.74) is 0.382. The van der Waals surface area contributed by atoms with E-state index < -0.39 is 17.3 Å². The van der Waals surface area contributed by atoms with E-state index in [-0.39, 0.29) is 4.88 Å². The second-order valence-corrected chi connectivity index (χ2v) is 5.83. The maximum atomic E-state index is 12.5. The maximum Gasteiger partial charge on any atom is 0.443 e. The van der Waals surface area contributed by atoms with Gasteiger partial charge in [-0.25, -0.2) is 4.98 Å². The molecule has 0 saturated carbocycles. The van der Waals surface area contributed by atoms with Crippen LogP contribution < -0.4 is 4.74 Å². The molecule has 0 amide bonds. The zero-order valence-corrected chi connectivity index (χ0v) is 12.5. The molecule has 2 rings (SSSR count). The standard InChI is InChI=1S/C12H9BrF3NO2S/c1-19-8-4-6(13)2-3-7(8)10(18)9-5-17-11(20-9)12(14,15)16/h2-5,10,18H,1H3. The number of thiazole rings is 1. The number of aliphatic hydroxyl groups is 1. The molecule has 0 saturated heterocycles. The minimum atomic E-state index is -4.51. The van der Waals surface area contributed by atoms with Crippen molar-refractivity contribution >= 4 is 27.3 Å². The highest BCUT2D eigenvalue weighted by molar-refractivity contribution is 9.10. The van der Waals surface area contributed by atoms with E-state index in [9.17, 15) is 18.3 Å². The van der Waals surface area contributed by atoms with Crippen molar-refractivity contribution in [2.24, 2.45) is 0 Å². The fourth-order valence-corrected chi connectivity index (χ4v) is 2.74. The number of rotatable bonds is 3. The van der Waals surface area contributed by atoms with Gasteiger partial charge >= 0.3 is 6.18 Å². The number of benzene rings is 1. The molecule has 1 unspecified atom stereocenters. The van der Waals surface area contributed by atoms with Gasteiger partial charge in [-0.1, -0.05) is 22.0 Å². The second-order valence-electron chi connectivity index (χ2n) is 3.85. The van der Waals surface area contributed by atoms with Crippen molar-refractivity contribution in [3.05, 3.63) is 44.3 Å². The second kappa shape index (κ2) is 5.71. The number of aromatic nitrogens is 1. The Labute approximate surface area is 125 Å². The van der Waals surface area contributed by atoms with Crippen LogP contribution in [0.25, 0.3) is 0 Å². The summed E-state index contributed by atoms with van der Waals surface area (Å²) < 4.78 is 43.4. The van der Waals surface area contributed by atoms with Gasteiger partial charge in [-0.3, -0.25) is 0 Å². The topological polar surface area (TPSA) is 42.4 Å². The smallest absolute Gasteiger partial charge is 0.443 e. The lowest BCUT2D eigenvalue weighted by molar-refractivity contribution is -0.137. The summed E-state index contributed by atoms with van der Waals surface area (Å²) in [6, 6.07) is 4.89. The van der Waals surface area contributed by atoms with Gasteiger partial charge < -0.3 is 9.84 Å². The number of methoxy groups -OCH3 is 1. The monoisotopic (exact) mass is 367 g/mol. The van der Waals surface area contributed by atoms with Gasteiger partial charge in [0.25, 0.3) is 0 Å². The van der Waals surface area contributed by atoms with E-state index >= 15 is 0 Å². The van der Waals surface area contributed by atoms with E-state index in [0.717, 1.165) is 10.7 Å². The Morgan fingerprint density at radius 3 is 2.65 bits per heavy atom. The lowest BCUT2D eigenvalue weighted by Crippen LogP contribution is -2.03. The molecule has 1 atom stereocenters. The molecular weight excluding hydrogens is 359 g/mol. The van der Waals surface area contributed by atoms with Crippen LogP contribution in [0.1, 0.15) is 21.6 Å². The predicted molar refractivity (Wildman–Crippen MR) is 71.9 cm³/mol. The van der Waals surface area contributed by atoms with Crippen molar-refractivity contribution < 1.29 is 23.0 Å². The highest BCUT2D eigenvalue weighted by Crippen LogP contribution is 2.38. The number of hydrogen-bond donors (Lipinski definition) is 1. The van der Waals surface area contributed by atoms with Crippen LogP contribution in [-0.4, -0.2) is 17.2 Å². The molecule has 1 N–H and O–H groups in total. The molecule has 2 aromatic rings. The molecule has 20 heavy (non-hydrogen) atoms. The van der Waals surface area contributed by atoms with Crippen LogP contribution in [0.2, 0.25) is 0 Å². The summed E-state index contributed by atoms with van der Waals surface area (Å²) in [6.45, 7) is 0. The van der Waals surface area contributed by atoms with E-state index in [1.165, 1.54) is 7.11 Å². The van der Waals surface area contributed by atoms with E-state index in [4.69, 9.17) is 4.74 Å². The largest absolute Gasteiger partial charge is 0.496 e. The zero-order chi connectivity index (χ0) is 14.9. The summed E-state index contributed by atoms with van der Waals surface area (Å²) in [5, 5.41) is 9.20. The van der Waals surface area contributed by atoms with Crippen molar-refractivity contribution in [2.45, 2.75) is 12.3 Å². The molecule has 8 heteroatoms. The summed E-state index contributed by atoms with van der Waals surface area (Å²) in [7, 11) is 1.42. The van der Waals surface area contributed by atoms with Gasteiger partial charge in [0, 0.05) is 16.2 Å². The van der Waals surface area contributed by atoms with Gasteiger partial charge in [0.1, 0.15) is 11.9 Å². The first kappa shape index (κ1) is 15.3. The van der Waals surface area contributed by atoms with E-state index in [1.54, 1.807) is 18.2 Å². The van der Waals surface area contributed by atoms with Crippen molar-refractivity contribution in [3.63, 3.8) is 0 Å². The quantitative estimate of drug-likeness (QED) is 0.890. The first-order valence-electron chi connectivity index (χ1n) is 5.37. The van der Waals surface area contributed by atoms with Gasteiger partial charge in [-0.15, -0.1) is 11.3 Å². The Hall–Kier alpha value is -1.12. The number of alkyl halides is 3. The molecule has 0 aliphatic carbocycles. The Bertz CT molecular complexity index is 615. The van der Waals surface area contributed by atoms with Gasteiger partial charge in [-0.05, 0) is 12.1 Å². The van der Waals surface area contributed by atoms with Crippen LogP contribution in [0.4, 0.5) is 13.2 Å². The molecule has 0 fully saturated rings. The number of hydrogen-bond acceptors (Lipinski definition) is 4. The molecule has 3 nitrogen and oxygen atoms in total. The Kier molecular flexibility index (Phi) is 4.36. The maximum absolute atomic E-state index is 12.5. The van der Waals surface area contributed by atoms with Crippen molar-refractivity contribution in [3.8, 4) is 5.75 Å². The molecular formula is C12H9BrF3NO2S.